The smallest absolute Gasteiger partial charge is 0.339 e. The van der Waals surface area contributed by atoms with E-state index in [1.54, 1.807) is 20.0 Å². The lowest BCUT2D eigenvalue weighted by Crippen LogP contribution is -2.16. The van der Waals surface area contributed by atoms with E-state index in [0.717, 1.165) is 10.8 Å². The van der Waals surface area contributed by atoms with Crippen molar-refractivity contribution in [1.82, 2.24) is 14.5 Å². The average Bonchev–Trinajstić information content (AvgIpc) is 3.25. The second kappa shape index (κ2) is 7.84. The molecule has 3 aromatic rings. The van der Waals surface area contributed by atoms with Gasteiger partial charge in [-0.15, -0.1) is 0 Å². The van der Waals surface area contributed by atoms with Gasteiger partial charge in [0, 0.05) is 23.8 Å². The van der Waals surface area contributed by atoms with Gasteiger partial charge in [0.2, 0.25) is 0 Å². The first-order valence-corrected chi connectivity index (χ1v) is 9.39. The van der Waals surface area contributed by atoms with Crippen LogP contribution < -0.4 is 0 Å². The Bertz CT molecular complexity index is 976. The largest absolute Gasteiger partial charge is 0.465 e. The zero-order chi connectivity index (χ0) is 19.6. The molecule has 0 saturated heterocycles. The third-order valence-corrected chi connectivity index (χ3v) is 5.45. The summed E-state index contributed by atoms with van der Waals surface area (Å²) in [5.74, 6) is -0.529. The normalized spacial score (nSPS) is 12.0. The molecule has 0 aliphatic carbocycles. The Balaban J connectivity index is 1.84. The van der Waals surface area contributed by atoms with Crippen LogP contribution in [-0.2, 0) is 4.74 Å². The summed E-state index contributed by atoms with van der Waals surface area (Å²) < 4.78 is 6.76. The van der Waals surface area contributed by atoms with Gasteiger partial charge in [-0.2, -0.15) is 0 Å². The molecule has 1 N–H and O–H groups in total. The Morgan fingerprint density at radius 1 is 1.22 bits per heavy atom. The zero-order valence-corrected chi connectivity index (χ0v) is 16.5. The molecule has 2 heterocycles. The summed E-state index contributed by atoms with van der Waals surface area (Å²) >= 11 is 1.38. The lowest BCUT2D eigenvalue weighted by atomic mass is 10.1. The van der Waals surface area contributed by atoms with Gasteiger partial charge in [-0.05, 0) is 38.5 Å². The number of methoxy groups -OCH3 is 1. The zero-order valence-electron chi connectivity index (χ0n) is 15.6. The molecular weight excluding hydrogens is 362 g/mol. The highest BCUT2D eigenvalue weighted by molar-refractivity contribution is 8.00. The van der Waals surface area contributed by atoms with E-state index in [9.17, 15) is 9.59 Å². The van der Waals surface area contributed by atoms with Crippen LogP contribution in [0, 0.1) is 13.8 Å². The molecule has 3 rings (SSSR count). The van der Waals surface area contributed by atoms with Gasteiger partial charge in [0.05, 0.1) is 23.6 Å². The van der Waals surface area contributed by atoms with Crippen LogP contribution in [0.5, 0.6) is 0 Å². The van der Waals surface area contributed by atoms with Gasteiger partial charge >= 0.3 is 5.97 Å². The Morgan fingerprint density at radius 3 is 2.59 bits per heavy atom. The standard InChI is InChI=1S/C20H21N3O3S/c1-12-16(19(25)26-4)13(2)22-17(12)18(24)14(3)27-20-21-10-11-23(20)15-8-6-5-7-9-15/h5-11,14,22H,1-4H3/t14-/m0/s1. The number of rotatable bonds is 6. The number of para-hydroxylation sites is 1. The molecular formula is C20H21N3O3S. The van der Waals surface area contributed by atoms with Crippen molar-refractivity contribution in [1.29, 1.82) is 0 Å². The summed E-state index contributed by atoms with van der Waals surface area (Å²) in [6, 6.07) is 9.84. The summed E-state index contributed by atoms with van der Waals surface area (Å²) in [6.07, 6.45) is 3.58. The van der Waals surface area contributed by atoms with Gasteiger partial charge in [0.1, 0.15) is 0 Å². The van der Waals surface area contributed by atoms with Crippen LogP contribution in [0.2, 0.25) is 0 Å². The van der Waals surface area contributed by atoms with E-state index in [0.29, 0.717) is 22.5 Å². The number of carbonyl (C=O) groups excluding carboxylic acids is 2. The van der Waals surface area contributed by atoms with Gasteiger partial charge in [0.15, 0.2) is 10.9 Å². The van der Waals surface area contributed by atoms with E-state index in [2.05, 4.69) is 9.97 Å². The second-order valence-electron chi connectivity index (χ2n) is 6.16. The first kappa shape index (κ1) is 19.0. The molecule has 0 saturated carbocycles. The summed E-state index contributed by atoms with van der Waals surface area (Å²) in [7, 11) is 1.33. The van der Waals surface area contributed by atoms with Crippen LogP contribution in [0.15, 0.2) is 47.9 Å². The van der Waals surface area contributed by atoms with E-state index in [1.165, 1.54) is 18.9 Å². The molecule has 0 spiro atoms. The number of ether oxygens (including phenoxy) is 1. The number of Topliss-reactive ketones (excluding diaryl/α,β-unsaturated/α-hetero) is 1. The average molecular weight is 383 g/mol. The highest BCUT2D eigenvalue weighted by Crippen LogP contribution is 2.28. The van der Waals surface area contributed by atoms with Crippen molar-refractivity contribution in [3.8, 4) is 5.69 Å². The number of hydrogen-bond donors (Lipinski definition) is 1. The van der Waals surface area contributed by atoms with E-state index in [4.69, 9.17) is 4.74 Å². The van der Waals surface area contributed by atoms with Crippen molar-refractivity contribution >= 4 is 23.5 Å². The topological polar surface area (TPSA) is 77.0 Å². The second-order valence-corrected chi connectivity index (χ2v) is 7.46. The van der Waals surface area contributed by atoms with Crippen LogP contribution in [0.1, 0.15) is 39.0 Å². The Kier molecular flexibility index (Phi) is 5.51. The minimum Gasteiger partial charge on any atom is -0.465 e. The minimum absolute atomic E-state index is 0.0848. The predicted molar refractivity (Wildman–Crippen MR) is 105 cm³/mol. The van der Waals surface area contributed by atoms with E-state index >= 15 is 0 Å². The molecule has 7 heteroatoms. The summed E-state index contributed by atoms with van der Waals surface area (Å²) in [5, 5.41) is 0.355. The van der Waals surface area contributed by atoms with E-state index < -0.39 is 5.97 Å². The summed E-state index contributed by atoms with van der Waals surface area (Å²) in [4.78, 5) is 32.3. The first-order valence-electron chi connectivity index (χ1n) is 8.51. The van der Waals surface area contributed by atoms with Crippen molar-refractivity contribution in [2.24, 2.45) is 0 Å². The quantitative estimate of drug-likeness (QED) is 0.396. The number of nitrogens with one attached hydrogen (secondary N) is 1. The number of ketones is 1. The number of H-pyrrole nitrogens is 1. The molecule has 0 aliphatic rings. The lowest BCUT2D eigenvalue weighted by molar-refractivity contribution is 0.0599. The van der Waals surface area contributed by atoms with Crippen LogP contribution in [0.4, 0.5) is 0 Å². The van der Waals surface area contributed by atoms with Crippen LogP contribution in [0.3, 0.4) is 0 Å². The fourth-order valence-corrected chi connectivity index (χ4v) is 3.92. The SMILES string of the molecule is COC(=O)c1c(C)[nH]c(C(=O)[C@H](C)Sc2nccn2-c2ccccc2)c1C. The number of benzene rings is 1. The number of aromatic amines is 1. The molecule has 0 amide bonds. The fraction of sp³-hybridized carbons (Fsp3) is 0.250. The van der Waals surface area contributed by atoms with Crippen molar-refractivity contribution in [2.75, 3.05) is 7.11 Å². The molecule has 0 aliphatic heterocycles. The lowest BCUT2D eigenvalue weighted by Gasteiger charge is -2.12. The summed E-state index contributed by atoms with van der Waals surface area (Å²) in [6.45, 7) is 5.35. The molecule has 6 nitrogen and oxygen atoms in total. The summed E-state index contributed by atoms with van der Waals surface area (Å²) in [5.41, 5.74) is 3.08. The maximum absolute atomic E-state index is 13.0. The van der Waals surface area contributed by atoms with Crippen LogP contribution >= 0.6 is 11.8 Å². The van der Waals surface area contributed by atoms with Gasteiger partial charge in [-0.25, -0.2) is 9.78 Å². The number of nitrogens with zero attached hydrogens (tertiary/aromatic N) is 2. The molecule has 2 aromatic heterocycles. The molecule has 0 bridgehead atoms. The highest BCUT2D eigenvalue weighted by atomic mass is 32.2. The van der Waals surface area contributed by atoms with Crippen molar-refractivity contribution < 1.29 is 14.3 Å². The Morgan fingerprint density at radius 2 is 1.93 bits per heavy atom. The minimum atomic E-state index is -0.444. The molecule has 0 fully saturated rings. The molecule has 140 valence electrons. The van der Waals surface area contributed by atoms with Crippen LogP contribution in [-0.4, -0.2) is 38.6 Å². The fourth-order valence-electron chi connectivity index (χ4n) is 2.98. The monoisotopic (exact) mass is 383 g/mol. The van der Waals surface area contributed by atoms with Crippen molar-refractivity contribution in [3.05, 3.63) is 65.2 Å². The third kappa shape index (κ3) is 3.68. The predicted octanol–water partition coefficient (Wildman–Crippen LogP) is 3.97. The highest BCUT2D eigenvalue weighted by Gasteiger charge is 2.26. The molecule has 0 unspecified atom stereocenters. The maximum Gasteiger partial charge on any atom is 0.339 e. The van der Waals surface area contributed by atoms with E-state index in [-0.39, 0.29) is 11.0 Å². The van der Waals surface area contributed by atoms with Crippen LogP contribution in [0.25, 0.3) is 5.69 Å². The molecule has 27 heavy (non-hydrogen) atoms. The number of hydrogen-bond acceptors (Lipinski definition) is 5. The Labute approximate surface area is 162 Å². The van der Waals surface area contributed by atoms with Gasteiger partial charge < -0.3 is 9.72 Å². The number of imidazole rings is 1. The maximum atomic E-state index is 13.0. The number of aromatic nitrogens is 3. The number of thioether (sulfide) groups is 1. The van der Waals surface area contributed by atoms with Gasteiger partial charge in [-0.1, -0.05) is 30.0 Å². The molecule has 1 aromatic carbocycles. The third-order valence-electron chi connectivity index (χ3n) is 4.37. The van der Waals surface area contributed by atoms with Crippen molar-refractivity contribution in [3.63, 3.8) is 0 Å². The number of esters is 1. The molecule has 1 atom stereocenters. The number of aryl methyl sites for hydroxylation is 1. The van der Waals surface area contributed by atoms with Crippen molar-refractivity contribution in [2.45, 2.75) is 31.2 Å². The molecule has 0 radical (unpaired) electrons. The Hall–Kier alpha value is -2.80. The van der Waals surface area contributed by atoms with Gasteiger partial charge in [-0.3, -0.25) is 9.36 Å². The number of carbonyl (C=O) groups is 2. The van der Waals surface area contributed by atoms with Gasteiger partial charge in [0.25, 0.3) is 0 Å². The van der Waals surface area contributed by atoms with E-state index in [1.807, 2.05) is 48.0 Å². The first-order chi connectivity index (χ1) is 12.9.